The number of hydrogen-bond acceptors (Lipinski definition) is 3. The van der Waals surface area contributed by atoms with Crippen LogP contribution in [0.2, 0.25) is 0 Å². The molecule has 0 saturated carbocycles. The lowest BCUT2D eigenvalue weighted by molar-refractivity contribution is -0.122. The van der Waals surface area contributed by atoms with Crippen LogP contribution >= 0.6 is 12.4 Å². The van der Waals surface area contributed by atoms with Crippen LogP contribution in [0.15, 0.2) is 48.5 Å². The summed E-state index contributed by atoms with van der Waals surface area (Å²) in [6, 6.07) is 13.4. The van der Waals surface area contributed by atoms with Crippen molar-refractivity contribution in [3.63, 3.8) is 0 Å². The van der Waals surface area contributed by atoms with Gasteiger partial charge in [0.1, 0.15) is 11.6 Å². The Bertz CT molecular complexity index is 660. The zero-order chi connectivity index (χ0) is 17.5. The smallest absolute Gasteiger partial charge is 0.222 e. The van der Waals surface area contributed by atoms with Gasteiger partial charge in [-0.15, -0.1) is 12.4 Å². The van der Waals surface area contributed by atoms with E-state index in [2.05, 4.69) is 5.32 Å². The highest BCUT2D eigenvalue weighted by molar-refractivity contribution is 5.85. The average molecular weight is 367 g/mol. The highest BCUT2D eigenvalue weighted by atomic mass is 35.5. The summed E-state index contributed by atoms with van der Waals surface area (Å²) in [5.41, 5.74) is 7.60. The molecule has 25 heavy (non-hydrogen) atoms. The molecule has 0 aliphatic rings. The molecule has 0 aliphatic heterocycles. The first kappa shape index (κ1) is 20.9. The molecule has 0 fully saturated rings. The molecule has 0 saturated heterocycles. The second kappa shape index (κ2) is 10.0. The van der Waals surface area contributed by atoms with Crippen molar-refractivity contribution in [3.8, 4) is 5.75 Å². The fourth-order valence-electron chi connectivity index (χ4n) is 2.49. The summed E-state index contributed by atoms with van der Waals surface area (Å²) in [5.74, 6) is 0.370. The molecular weight excluding hydrogens is 343 g/mol. The van der Waals surface area contributed by atoms with Gasteiger partial charge in [0.2, 0.25) is 5.91 Å². The number of amides is 1. The molecule has 4 nitrogen and oxygen atoms in total. The van der Waals surface area contributed by atoms with Gasteiger partial charge in [0.05, 0.1) is 13.2 Å². The first-order valence-electron chi connectivity index (χ1n) is 7.91. The Morgan fingerprint density at radius 2 is 1.76 bits per heavy atom. The standard InChI is InChI=1S/C19H23FN2O2.ClH/c1-13(21)11-19(23)22-18(12-14-3-7-16(20)8-4-14)15-5-9-17(24-2)10-6-15;/h3-10,13,18H,11-12,21H2,1-2H3,(H,22,23);1H. The topological polar surface area (TPSA) is 64.3 Å². The molecule has 2 aromatic carbocycles. The molecule has 0 bridgehead atoms. The number of halogens is 2. The minimum absolute atomic E-state index is 0. The molecule has 2 rings (SSSR count). The molecule has 0 aliphatic carbocycles. The Kier molecular flexibility index (Phi) is 8.38. The zero-order valence-corrected chi connectivity index (χ0v) is 15.2. The van der Waals surface area contributed by atoms with Crippen LogP contribution in [0.4, 0.5) is 4.39 Å². The second-order valence-electron chi connectivity index (χ2n) is 5.91. The SMILES string of the molecule is COc1ccc(C(Cc2ccc(F)cc2)NC(=O)CC(C)N)cc1.Cl. The van der Waals surface area contributed by atoms with Crippen molar-refractivity contribution in [2.75, 3.05) is 7.11 Å². The zero-order valence-electron chi connectivity index (χ0n) is 14.4. The van der Waals surface area contributed by atoms with Crippen LogP contribution in [-0.4, -0.2) is 19.1 Å². The number of methoxy groups -OCH3 is 1. The minimum Gasteiger partial charge on any atom is -0.497 e. The first-order valence-corrected chi connectivity index (χ1v) is 7.91. The van der Waals surface area contributed by atoms with Crippen LogP contribution in [0.25, 0.3) is 0 Å². The predicted molar refractivity (Wildman–Crippen MR) is 99.5 cm³/mol. The molecule has 1 amide bonds. The van der Waals surface area contributed by atoms with Crippen molar-refractivity contribution in [1.29, 1.82) is 0 Å². The summed E-state index contributed by atoms with van der Waals surface area (Å²) in [6.07, 6.45) is 0.827. The molecule has 0 radical (unpaired) electrons. The Labute approximate surface area is 154 Å². The molecule has 0 spiro atoms. The summed E-state index contributed by atoms with van der Waals surface area (Å²) < 4.78 is 18.3. The maximum atomic E-state index is 13.1. The van der Waals surface area contributed by atoms with E-state index < -0.39 is 0 Å². The highest BCUT2D eigenvalue weighted by Gasteiger charge is 2.16. The van der Waals surface area contributed by atoms with E-state index in [0.717, 1.165) is 16.9 Å². The largest absolute Gasteiger partial charge is 0.497 e. The first-order chi connectivity index (χ1) is 11.5. The number of carbonyl (C=O) groups excluding carboxylic acids is 1. The third-order valence-electron chi connectivity index (χ3n) is 3.71. The van der Waals surface area contributed by atoms with Gasteiger partial charge in [-0.25, -0.2) is 4.39 Å². The Morgan fingerprint density at radius 3 is 2.28 bits per heavy atom. The lowest BCUT2D eigenvalue weighted by Crippen LogP contribution is -2.33. The molecule has 136 valence electrons. The van der Waals surface area contributed by atoms with Gasteiger partial charge in [-0.1, -0.05) is 24.3 Å². The van der Waals surface area contributed by atoms with Gasteiger partial charge in [-0.2, -0.15) is 0 Å². The fraction of sp³-hybridized carbons (Fsp3) is 0.316. The van der Waals surface area contributed by atoms with E-state index in [4.69, 9.17) is 10.5 Å². The number of ether oxygens (including phenoxy) is 1. The van der Waals surface area contributed by atoms with E-state index >= 15 is 0 Å². The highest BCUT2D eigenvalue weighted by Crippen LogP contribution is 2.22. The van der Waals surface area contributed by atoms with Crippen molar-refractivity contribution in [2.45, 2.75) is 31.8 Å². The summed E-state index contributed by atoms with van der Waals surface area (Å²) in [5, 5.41) is 3.01. The molecule has 2 unspecified atom stereocenters. The average Bonchev–Trinajstić information content (AvgIpc) is 2.55. The number of nitrogens with one attached hydrogen (secondary N) is 1. The molecule has 0 aromatic heterocycles. The maximum absolute atomic E-state index is 13.1. The fourth-order valence-corrected chi connectivity index (χ4v) is 2.49. The molecule has 6 heteroatoms. The maximum Gasteiger partial charge on any atom is 0.222 e. The molecule has 2 atom stereocenters. The lowest BCUT2D eigenvalue weighted by Gasteiger charge is -2.20. The van der Waals surface area contributed by atoms with Gasteiger partial charge < -0.3 is 15.8 Å². The van der Waals surface area contributed by atoms with Crippen LogP contribution in [0.1, 0.15) is 30.5 Å². The van der Waals surface area contributed by atoms with Gasteiger partial charge >= 0.3 is 0 Å². The van der Waals surface area contributed by atoms with Gasteiger partial charge in [0, 0.05) is 12.5 Å². The van der Waals surface area contributed by atoms with Crippen molar-refractivity contribution in [2.24, 2.45) is 5.73 Å². The van der Waals surface area contributed by atoms with Crippen LogP contribution < -0.4 is 15.8 Å². The molecule has 2 aromatic rings. The van der Waals surface area contributed by atoms with Crippen molar-refractivity contribution in [3.05, 3.63) is 65.5 Å². The summed E-state index contributed by atoms with van der Waals surface area (Å²) >= 11 is 0. The van der Waals surface area contributed by atoms with E-state index in [1.54, 1.807) is 26.2 Å². The summed E-state index contributed by atoms with van der Waals surface area (Å²) in [6.45, 7) is 1.79. The van der Waals surface area contributed by atoms with E-state index in [1.165, 1.54) is 12.1 Å². The third-order valence-corrected chi connectivity index (χ3v) is 3.71. The molecular formula is C19H24ClFN2O2. The quantitative estimate of drug-likeness (QED) is 0.789. The third kappa shape index (κ3) is 6.72. The normalized spacial score (nSPS) is 12.6. The van der Waals surface area contributed by atoms with Crippen molar-refractivity contribution >= 4 is 18.3 Å². The van der Waals surface area contributed by atoms with Crippen LogP contribution in [0.5, 0.6) is 5.75 Å². The van der Waals surface area contributed by atoms with E-state index in [1.807, 2.05) is 24.3 Å². The van der Waals surface area contributed by atoms with E-state index in [0.29, 0.717) is 6.42 Å². The molecule has 0 heterocycles. The van der Waals surface area contributed by atoms with Gasteiger partial charge in [-0.05, 0) is 48.7 Å². The monoisotopic (exact) mass is 366 g/mol. The second-order valence-corrected chi connectivity index (χ2v) is 5.91. The van der Waals surface area contributed by atoms with E-state index in [-0.39, 0.29) is 42.6 Å². The van der Waals surface area contributed by atoms with Gasteiger partial charge in [0.15, 0.2) is 0 Å². The van der Waals surface area contributed by atoms with Crippen LogP contribution in [0.3, 0.4) is 0 Å². The minimum atomic E-state index is -0.277. The Morgan fingerprint density at radius 1 is 1.16 bits per heavy atom. The van der Waals surface area contributed by atoms with Crippen molar-refractivity contribution < 1.29 is 13.9 Å². The number of carbonyl (C=O) groups is 1. The van der Waals surface area contributed by atoms with Crippen LogP contribution in [0, 0.1) is 5.82 Å². The van der Waals surface area contributed by atoms with Gasteiger partial charge in [0.25, 0.3) is 0 Å². The lowest BCUT2D eigenvalue weighted by atomic mass is 9.98. The molecule has 3 N–H and O–H groups in total. The number of hydrogen-bond donors (Lipinski definition) is 2. The summed E-state index contributed by atoms with van der Waals surface area (Å²) in [4.78, 5) is 12.1. The summed E-state index contributed by atoms with van der Waals surface area (Å²) in [7, 11) is 1.61. The van der Waals surface area contributed by atoms with Crippen LogP contribution in [-0.2, 0) is 11.2 Å². The predicted octanol–water partition coefficient (Wildman–Crippen LogP) is 3.39. The number of nitrogens with two attached hydrogens (primary N) is 1. The van der Waals surface area contributed by atoms with E-state index in [9.17, 15) is 9.18 Å². The Hall–Kier alpha value is -2.11. The number of benzene rings is 2. The van der Waals surface area contributed by atoms with Gasteiger partial charge in [-0.3, -0.25) is 4.79 Å². The Balaban J connectivity index is 0.00000312. The number of rotatable bonds is 7. The van der Waals surface area contributed by atoms with Crippen molar-refractivity contribution in [1.82, 2.24) is 5.32 Å².